The fourth-order valence-electron chi connectivity index (χ4n) is 2.37. The molecule has 0 aliphatic rings. The minimum Gasteiger partial charge on any atom is -0.462 e. The molecule has 27 heavy (non-hydrogen) atoms. The van der Waals surface area contributed by atoms with Gasteiger partial charge in [0.25, 0.3) is 0 Å². The summed E-state index contributed by atoms with van der Waals surface area (Å²) in [4.78, 5) is 41.2. The van der Waals surface area contributed by atoms with E-state index in [0.717, 1.165) is 38.5 Å². The van der Waals surface area contributed by atoms with Crippen molar-refractivity contribution >= 4 is 19.8 Å². The first-order valence-electron chi connectivity index (χ1n) is 9.83. The SMILES string of the molecule is CCCCCCCCC(=O)O[C@H](COC(=O)CCCCC)COP(=O)(O)O. The zero-order chi connectivity index (χ0) is 20.5. The molecule has 0 fully saturated rings. The Morgan fingerprint density at radius 1 is 0.815 bits per heavy atom. The minimum absolute atomic E-state index is 0.211. The molecule has 0 aromatic heterocycles. The highest BCUT2D eigenvalue weighted by Crippen LogP contribution is 2.35. The van der Waals surface area contributed by atoms with Crippen molar-refractivity contribution in [3.63, 3.8) is 0 Å². The predicted molar refractivity (Wildman–Crippen MR) is 101 cm³/mol. The van der Waals surface area contributed by atoms with E-state index in [9.17, 15) is 14.2 Å². The van der Waals surface area contributed by atoms with Gasteiger partial charge in [-0.1, -0.05) is 58.8 Å². The number of phosphoric acid groups is 1. The normalized spacial score (nSPS) is 12.6. The van der Waals surface area contributed by atoms with Crippen LogP contribution in [0, 0.1) is 0 Å². The molecule has 0 heterocycles. The number of phosphoric ester groups is 1. The van der Waals surface area contributed by atoms with Gasteiger partial charge in [0, 0.05) is 12.8 Å². The molecule has 0 unspecified atom stereocenters. The zero-order valence-corrected chi connectivity index (χ0v) is 17.5. The van der Waals surface area contributed by atoms with E-state index in [4.69, 9.17) is 19.3 Å². The Morgan fingerprint density at radius 3 is 1.96 bits per heavy atom. The second-order valence-electron chi connectivity index (χ2n) is 6.56. The van der Waals surface area contributed by atoms with Gasteiger partial charge in [-0.25, -0.2) is 4.57 Å². The fourth-order valence-corrected chi connectivity index (χ4v) is 2.73. The summed E-state index contributed by atoms with van der Waals surface area (Å²) in [6, 6.07) is 0. The van der Waals surface area contributed by atoms with Gasteiger partial charge in [-0.2, -0.15) is 0 Å². The molecule has 9 heteroatoms. The number of carbonyl (C=O) groups is 2. The van der Waals surface area contributed by atoms with E-state index in [2.05, 4.69) is 11.4 Å². The van der Waals surface area contributed by atoms with Crippen molar-refractivity contribution in [1.29, 1.82) is 0 Å². The second kappa shape index (κ2) is 16.0. The molecular formula is C18H35O8P. The van der Waals surface area contributed by atoms with Crippen molar-refractivity contribution in [2.75, 3.05) is 13.2 Å². The van der Waals surface area contributed by atoms with Crippen molar-refractivity contribution in [2.45, 2.75) is 90.6 Å². The lowest BCUT2D eigenvalue weighted by Crippen LogP contribution is -2.29. The number of esters is 2. The summed E-state index contributed by atoms with van der Waals surface area (Å²) in [5.74, 6) is -0.927. The molecule has 0 aliphatic carbocycles. The monoisotopic (exact) mass is 410 g/mol. The average Bonchev–Trinajstić information content (AvgIpc) is 2.60. The number of rotatable bonds is 17. The molecule has 0 spiro atoms. The lowest BCUT2D eigenvalue weighted by molar-refractivity contribution is -0.161. The van der Waals surface area contributed by atoms with Gasteiger partial charge in [-0.05, 0) is 12.8 Å². The van der Waals surface area contributed by atoms with Crippen LogP contribution in [0.1, 0.15) is 84.5 Å². The Hall–Kier alpha value is -0.950. The molecule has 0 saturated heterocycles. The number of hydrogen-bond donors (Lipinski definition) is 2. The number of unbranched alkanes of at least 4 members (excludes halogenated alkanes) is 7. The quantitative estimate of drug-likeness (QED) is 0.211. The van der Waals surface area contributed by atoms with Crippen LogP contribution in [0.25, 0.3) is 0 Å². The first-order chi connectivity index (χ1) is 12.8. The van der Waals surface area contributed by atoms with Gasteiger partial charge in [0.05, 0.1) is 6.61 Å². The summed E-state index contributed by atoms with van der Waals surface area (Å²) in [6.07, 6.45) is 8.15. The van der Waals surface area contributed by atoms with Gasteiger partial charge < -0.3 is 19.3 Å². The van der Waals surface area contributed by atoms with Crippen molar-refractivity contribution in [3.8, 4) is 0 Å². The standard InChI is InChI=1S/C18H35O8P/c1-3-5-7-8-9-11-13-18(20)26-16(15-25-27(21,22)23)14-24-17(19)12-10-6-4-2/h16H,3-15H2,1-2H3,(H2,21,22,23)/t16-/m1/s1. The van der Waals surface area contributed by atoms with Crippen molar-refractivity contribution in [3.05, 3.63) is 0 Å². The number of hydrogen-bond acceptors (Lipinski definition) is 6. The van der Waals surface area contributed by atoms with Gasteiger partial charge in [0.1, 0.15) is 6.61 Å². The zero-order valence-electron chi connectivity index (χ0n) is 16.6. The first-order valence-corrected chi connectivity index (χ1v) is 11.4. The van der Waals surface area contributed by atoms with Crippen LogP contribution < -0.4 is 0 Å². The van der Waals surface area contributed by atoms with E-state index >= 15 is 0 Å². The molecule has 0 rings (SSSR count). The maximum Gasteiger partial charge on any atom is 0.469 e. The molecule has 0 aliphatic heterocycles. The van der Waals surface area contributed by atoms with Crippen LogP contribution >= 0.6 is 7.82 Å². The minimum atomic E-state index is -4.70. The Bertz CT molecular complexity index is 449. The van der Waals surface area contributed by atoms with Gasteiger partial charge in [-0.15, -0.1) is 0 Å². The fraction of sp³-hybridized carbons (Fsp3) is 0.889. The summed E-state index contributed by atoms with van der Waals surface area (Å²) in [6.45, 7) is 3.33. The van der Waals surface area contributed by atoms with Gasteiger partial charge in [0.2, 0.25) is 0 Å². The molecule has 8 nitrogen and oxygen atoms in total. The Kier molecular flexibility index (Phi) is 15.5. The predicted octanol–water partition coefficient (Wildman–Crippen LogP) is 3.88. The van der Waals surface area contributed by atoms with Crippen LogP contribution in [0.2, 0.25) is 0 Å². The van der Waals surface area contributed by atoms with Crippen molar-refractivity contribution in [1.82, 2.24) is 0 Å². The highest BCUT2D eigenvalue weighted by molar-refractivity contribution is 7.46. The van der Waals surface area contributed by atoms with E-state index < -0.39 is 32.5 Å². The molecule has 0 bridgehead atoms. The molecule has 0 saturated carbocycles. The van der Waals surface area contributed by atoms with Crippen LogP contribution in [0.5, 0.6) is 0 Å². The topological polar surface area (TPSA) is 119 Å². The Balaban J connectivity index is 4.26. The molecule has 2 N–H and O–H groups in total. The van der Waals surface area contributed by atoms with Crippen LogP contribution in [0.3, 0.4) is 0 Å². The maximum atomic E-state index is 11.9. The van der Waals surface area contributed by atoms with Crippen molar-refractivity contribution in [2.24, 2.45) is 0 Å². The summed E-state index contributed by atoms with van der Waals surface area (Å²) >= 11 is 0. The van der Waals surface area contributed by atoms with Crippen molar-refractivity contribution < 1.29 is 37.9 Å². The van der Waals surface area contributed by atoms with E-state index in [-0.39, 0.29) is 19.4 Å². The second-order valence-corrected chi connectivity index (χ2v) is 7.80. The molecule has 0 radical (unpaired) electrons. The molecule has 0 amide bonds. The summed E-state index contributed by atoms with van der Waals surface area (Å²) in [5.41, 5.74) is 0. The third kappa shape index (κ3) is 18.2. The molecule has 0 aromatic carbocycles. The third-order valence-corrected chi connectivity index (χ3v) is 4.36. The molecule has 0 aromatic rings. The van der Waals surface area contributed by atoms with Gasteiger partial charge in [0.15, 0.2) is 6.10 Å². The van der Waals surface area contributed by atoms with E-state index in [1.165, 1.54) is 6.42 Å². The van der Waals surface area contributed by atoms with Gasteiger partial charge in [-0.3, -0.25) is 14.1 Å². The van der Waals surface area contributed by atoms with Crippen LogP contribution in [0.15, 0.2) is 0 Å². The van der Waals surface area contributed by atoms with Crippen LogP contribution in [0.4, 0.5) is 0 Å². The lowest BCUT2D eigenvalue weighted by Gasteiger charge is -2.18. The van der Waals surface area contributed by atoms with E-state index in [1.807, 2.05) is 6.92 Å². The smallest absolute Gasteiger partial charge is 0.462 e. The number of ether oxygens (including phenoxy) is 2. The third-order valence-electron chi connectivity index (χ3n) is 3.88. The first kappa shape index (κ1) is 26.1. The Labute approximate surface area is 162 Å². The largest absolute Gasteiger partial charge is 0.469 e. The Morgan fingerprint density at radius 2 is 1.33 bits per heavy atom. The lowest BCUT2D eigenvalue weighted by atomic mass is 10.1. The number of carbonyl (C=O) groups excluding carboxylic acids is 2. The summed E-state index contributed by atoms with van der Waals surface area (Å²) in [7, 11) is -4.70. The van der Waals surface area contributed by atoms with E-state index in [1.54, 1.807) is 0 Å². The highest BCUT2D eigenvalue weighted by atomic mass is 31.2. The molecular weight excluding hydrogens is 375 g/mol. The summed E-state index contributed by atoms with van der Waals surface area (Å²) in [5, 5.41) is 0. The van der Waals surface area contributed by atoms with Crippen LogP contribution in [-0.4, -0.2) is 41.0 Å². The van der Waals surface area contributed by atoms with Crippen LogP contribution in [-0.2, 0) is 28.2 Å². The molecule has 160 valence electrons. The van der Waals surface area contributed by atoms with Gasteiger partial charge >= 0.3 is 19.8 Å². The molecule has 1 atom stereocenters. The summed E-state index contributed by atoms with van der Waals surface area (Å²) < 4.78 is 25.4. The highest BCUT2D eigenvalue weighted by Gasteiger charge is 2.22. The maximum absolute atomic E-state index is 11.9. The average molecular weight is 410 g/mol. The van der Waals surface area contributed by atoms with E-state index in [0.29, 0.717) is 12.8 Å².